The first kappa shape index (κ1) is 14.3. The minimum atomic E-state index is 0.656. The summed E-state index contributed by atoms with van der Waals surface area (Å²) in [7, 11) is 0. The predicted molar refractivity (Wildman–Crippen MR) is 93.9 cm³/mol. The van der Waals surface area contributed by atoms with Gasteiger partial charge in [0.25, 0.3) is 0 Å². The second kappa shape index (κ2) is 6.41. The van der Waals surface area contributed by atoms with Gasteiger partial charge in [-0.2, -0.15) is 0 Å². The Morgan fingerprint density at radius 2 is 2.05 bits per heavy atom. The summed E-state index contributed by atoms with van der Waals surface area (Å²) in [5.74, 6) is 0.887. The number of ether oxygens (including phenoxy) is 1. The first-order valence-electron chi connectivity index (χ1n) is 6.72. The molecule has 0 amide bonds. The molecular formula is C17H14BrNOS. The topological polar surface area (TPSA) is 22.1 Å². The Hall–Kier alpha value is -1.65. The van der Waals surface area contributed by atoms with Crippen molar-refractivity contribution < 1.29 is 4.74 Å². The average molecular weight is 360 g/mol. The van der Waals surface area contributed by atoms with Gasteiger partial charge in [0.15, 0.2) is 0 Å². The molecule has 21 heavy (non-hydrogen) atoms. The standard InChI is InChI=1S/C17H14BrNOS/c1-2-20-15-9-8-13(18)11-12(15)7-10-17-19-14-5-3-4-6-16(14)21-17/h3-11H,2H2,1H3. The normalized spacial score (nSPS) is 11.3. The van der Waals surface area contributed by atoms with Crippen LogP contribution in [0.25, 0.3) is 22.4 Å². The van der Waals surface area contributed by atoms with Crippen LogP contribution in [0.1, 0.15) is 17.5 Å². The molecule has 0 radical (unpaired) electrons. The molecular weight excluding hydrogens is 346 g/mol. The number of hydrogen-bond acceptors (Lipinski definition) is 3. The van der Waals surface area contributed by atoms with Crippen LogP contribution < -0.4 is 4.74 Å². The first-order valence-corrected chi connectivity index (χ1v) is 8.33. The van der Waals surface area contributed by atoms with Gasteiger partial charge < -0.3 is 4.74 Å². The summed E-state index contributed by atoms with van der Waals surface area (Å²) in [5, 5.41) is 0.999. The van der Waals surface area contributed by atoms with Crippen molar-refractivity contribution in [1.82, 2.24) is 4.98 Å². The van der Waals surface area contributed by atoms with Crippen molar-refractivity contribution in [3.63, 3.8) is 0 Å². The molecule has 3 aromatic rings. The van der Waals surface area contributed by atoms with E-state index >= 15 is 0 Å². The quantitative estimate of drug-likeness (QED) is 0.602. The highest BCUT2D eigenvalue weighted by molar-refractivity contribution is 9.10. The zero-order valence-electron chi connectivity index (χ0n) is 11.5. The van der Waals surface area contributed by atoms with Crippen molar-refractivity contribution in [3.8, 4) is 5.75 Å². The highest BCUT2D eigenvalue weighted by Crippen LogP contribution is 2.27. The molecule has 0 aliphatic rings. The SMILES string of the molecule is CCOc1ccc(Br)cc1C=Cc1nc2ccccc2s1. The number of aromatic nitrogens is 1. The summed E-state index contributed by atoms with van der Waals surface area (Å²) in [5.41, 5.74) is 2.09. The summed E-state index contributed by atoms with van der Waals surface area (Å²) >= 11 is 5.19. The zero-order valence-corrected chi connectivity index (χ0v) is 13.9. The Balaban J connectivity index is 1.93. The van der Waals surface area contributed by atoms with E-state index in [2.05, 4.69) is 33.0 Å². The van der Waals surface area contributed by atoms with Crippen LogP contribution in [0.5, 0.6) is 5.75 Å². The first-order chi connectivity index (χ1) is 10.3. The Kier molecular flexibility index (Phi) is 4.36. The summed E-state index contributed by atoms with van der Waals surface area (Å²) in [6.45, 7) is 2.65. The van der Waals surface area contributed by atoms with Gasteiger partial charge in [0.05, 0.1) is 16.8 Å². The van der Waals surface area contributed by atoms with E-state index in [4.69, 9.17) is 4.74 Å². The second-order valence-electron chi connectivity index (χ2n) is 4.47. The van der Waals surface area contributed by atoms with E-state index in [1.165, 1.54) is 4.70 Å². The molecule has 0 saturated carbocycles. The maximum Gasteiger partial charge on any atom is 0.126 e. The lowest BCUT2D eigenvalue weighted by Crippen LogP contribution is -1.93. The summed E-state index contributed by atoms with van der Waals surface area (Å²) in [6, 6.07) is 14.2. The van der Waals surface area contributed by atoms with Crippen LogP contribution in [0.2, 0.25) is 0 Å². The molecule has 4 heteroatoms. The Morgan fingerprint density at radius 3 is 2.86 bits per heavy atom. The van der Waals surface area contributed by atoms with Crippen LogP contribution in [-0.2, 0) is 0 Å². The zero-order chi connectivity index (χ0) is 14.7. The number of halogens is 1. The van der Waals surface area contributed by atoms with Gasteiger partial charge in [0.1, 0.15) is 10.8 Å². The molecule has 0 fully saturated rings. The van der Waals surface area contributed by atoms with Gasteiger partial charge in [-0.15, -0.1) is 11.3 Å². The molecule has 0 spiro atoms. The van der Waals surface area contributed by atoms with Crippen molar-refractivity contribution in [2.24, 2.45) is 0 Å². The predicted octanol–water partition coefficient (Wildman–Crippen LogP) is 5.63. The van der Waals surface area contributed by atoms with E-state index in [9.17, 15) is 0 Å². The van der Waals surface area contributed by atoms with Crippen molar-refractivity contribution in [2.75, 3.05) is 6.61 Å². The van der Waals surface area contributed by atoms with Crippen LogP contribution in [0.3, 0.4) is 0 Å². The van der Waals surface area contributed by atoms with E-state index in [0.29, 0.717) is 6.61 Å². The van der Waals surface area contributed by atoms with Gasteiger partial charge in [-0.05, 0) is 49.4 Å². The smallest absolute Gasteiger partial charge is 0.126 e. The van der Waals surface area contributed by atoms with Crippen LogP contribution in [0.15, 0.2) is 46.9 Å². The molecule has 106 valence electrons. The number of benzene rings is 2. The monoisotopic (exact) mass is 359 g/mol. The van der Waals surface area contributed by atoms with E-state index < -0.39 is 0 Å². The minimum Gasteiger partial charge on any atom is -0.493 e. The van der Waals surface area contributed by atoms with Crippen LogP contribution in [0.4, 0.5) is 0 Å². The molecule has 2 aromatic carbocycles. The number of thiazole rings is 1. The van der Waals surface area contributed by atoms with Gasteiger partial charge in [0, 0.05) is 10.0 Å². The molecule has 0 unspecified atom stereocenters. The fourth-order valence-corrected chi connectivity index (χ4v) is 3.31. The summed E-state index contributed by atoms with van der Waals surface area (Å²) in [4.78, 5) is 4.61. The lowest BCUT2D eigenvalue weighted by molar-refractivity contribution is 0.339. The maximum atomic E-state index is 5.65. The Bertz CT molecular complexity index is 761. The van der Waals surface area contributed by atoms with Crippen molar-refractivity contribution in [2.45, 2.75) is 6.92 Å². The third kappa shape index (κ3) is 3.34. The molecule has 0 aliphatic carbocycles. The molecule has 0 saturated heterocycles. The van der Waals surface area contributed by atoms with Gasteiger partial charge >= 0.3 is 0 Å². The number of fused-ring (bicyclic) bond motifs is 1. The van der Waals surface area contributed by atoms with Crippen molar-refractivity contribution in [1.29, 1.82) is 0 Å². The molecule has 2 nitrogen and oxygen atoms in total. The van der Waals surface area contributed by atoms with E-state index in [1.54, 1.807) is 11.3 Å². The van der Waals surface area contributed by atoms with E-state index in [-0.39, 0.29) is 0 Å². The van der Waals surface area contributed by atoms with Crippen LogP contribution in [0, 0.1) is 0 Å². The van der Waals surface area contributed by atoms with Gasteiger partial charge in [-0.3, -0.25) is 0 Å². The highest BCUT2D eigenvalue weighted by atomic mass is 79.9. The van der Waals surface area contributed by atoms with Crippen LogP contribution >= 0.6 is 27.3 Å². The third-order valence-corrected chi connectivity index (χ3v) is 4.48. The maximum absolute atomic E-state index is 5.65. The fourth-order valence-electron chi connectivity index (χ4n) is 2.06. The lowest BCUT2D eigenvalue weighted by Gasteiger charge is -2.07. The Morgan fingerprint density at radius 1 is 1.19 bits per heavy atom. The van der Waals surface area contributed by atoms with Gasteiger partial charge in [0.2, 0.25) is 0 Å². The molecule has 0 aliphatic heterocycles. The molecule has 1 heterocycles. The molecule has 0 N–H and O–H groups in total. The number of nitrogens with zero attached hydrogens (tertiary/aromatic N) is 1. The number of rotatable bonds is 4. The van der Waals surface area contributed by atoms with Crippen LogP contribution in [-0.4, -0.2) is 11.6 Å². The highest BCUT2D eigenvalue weighted by Gasteiger charge is 2.03. The summed E-state index contributed by atoms with van der Waals surface area (Å²) < 4.78 is 7.89. The number of hydrogen-bond donors (Lipinski definition) is 0. The molecule has 0 atom stereocenters. The minimum absolute atomic E-state index is 0.656. The summed E-state index contributed by atoms with van der Waals surface area (Å²) in [6.07, 6.45) is 4.09. The largest absolute Gasteiger partial charge is 0.493 e. The third-order valence-electron chi connectivity index (χ3n) is 2.99. The van der Waals surface area contributed by atoms with E-state index in [0.717, 1.165) is 26.3 Å². The molecule has 0 bridgehead atoms. The van der Waals surface area contributed by atoms with Crippen molar-refractivity contribution >= 4 is 49.6 Å². The lowest BCUT2D eigenvalue weighted by atomic mass is 10.2. The van der Waals surface area contributed by atoms with E-state index in [1.807, 2.05) is 49.4 Å². The Labute approximate surface area is 136 Å². The molecule has 3 rings (SSSR count). The van der Waals surface area contributed by atoms with Gasteiger partial charge in [-0.25, -0.2) is 4.98 Å². The fraction of sp³-hybridized carbons (Fsp3) is 0.118. The average Bonchev–Trinajstić information content (AvgIpc) is 2.90. The van der Waals surface area contributed by atoms with Crippen molar-refractivity contribution in [3.05, 3.63) is 57.5 Å². The number of para-hydroxylation sites is 1. The second-order valence-corrected chi connectivity index (χ2v) is 6.45. The van der Waals surface area contributed by atoms with Gasteiger partial charge in [-0.1, -0.05) is 28.1 Å². The molecule has 1 aromatic heterocycles.